The molecule has 1 fully saturated rings. The lowest BCUT2D eigenvalue weighted by Gasteiger charge is -2.30. The summed E-state index contributed by atoms with van der Waals surface area (Å²) < 4.78 is 5.72. The number of rotatable bonds is 39. The zero-order valence-corrected chi connectivity index (χ0v) is 64.4. The van der Waals surface area contributed by atoms with E-state index in [0.717, 1.165) is 32.6 Å². The minimum absolute atomic E-state index is 0.00445. The summed E-state index contributed by atoms with van der Waals surface area (Å²) in [6.45, 7) is 4.44. The van der Waals surface area contributed by atoms with Gasteiger partial charge in [0.25, 0.3) is 0 Å². The predicted octanol–water partition coefficient (Wildman–Crippen LogP) is -4.33. The summed E-state index contributed by atoms with van der Waals surface area (Å²) in [6.07, 6.45) is -3.06. The number of benzene rings is 1. The van der Waals surface area contributed by atoms with E-state index >= 15 is 0 Å². The Labute approximate surface area is 655 Å². The third-order valence-electron chi connectivity index (χ3n) is 18.6. The van der Waals surface area contributed by atoms with Crippen LogP contribution in [0.3, 0.4) is 0 Å². The maximum Gasteiger partial charge on any atom is 0.329 e. The molecule has 1 aromatic heterocycles. The van der Waals surface area contributed by atoms with Crippen LogP contribution in [0.2, 0.25) is 0 Å². The Morgan fingerprint density at radius 3 is 1.61 bits per heavy atom. The molecule has 42 heteroatoms. The van der Waals surface area contributed by atoms with Crippen molar-refractivity contribution < 1.29 is 126 Å². The molecule has 0 aliphatic carbocycles. The van der Waals surface area contributed by atoms with Gasteiger partial charge in [0.1, 0.15) is 72.6 Å². The summed E-state index contributed by atoms with van der Waals surface area (Å²) in [4.78, 5) is 262. The second-order valence-corrected chi connectivity index (χ2v) is 27.7. The number of unbranched alkanes of at least 4 members (excludes halogenated alkanes) is 4. The second kappa shape index (κ2) is 50.5. The van der Waals surface area contributed by atoms with Crippen molar-refractivity contribution >= 4 is 124 Å². The second-order valence-electron chi connectivity index (χ2n) is 27.7. The van der Waals surface area contributed by atoms with Crippen LogP contribution in [0.1, 0.15) is 169 Å². The maximum atomic E-state index is 14.7. The average molecular weight is 1620 g/mol. The number of aliphatic carboxylic acids is 5. The number of aliphatic hydroxyl groups excluding tert-OH is 1. The maximum absolute atomic E-state index is 14.7. The Morgan fingerprint density at radius 1 is 0.509 bits per heavy atom. The van der Waals surface area contributed by atoms with Gasteiger partial charge in [-0.3, -0.25) is 86.3 Å². The van der Waals surface area contributed by atoms with Gasteiger partial charge in [-0.05, 0) is 94.8 Å². The number of nitrogens with two attached hydrogens (primary N) is 2. The normalized spacial score (nSPS) is 21.6. The van der Waals surface area contributed by atoms with E-state index in [1.165, 1.54) is 13.8 Å². The largest absolute Gasteiger partial charge is 0.481 e. The third-order valence-corrected chi connectivity index (χ3v) is 18.6. The van der Waals surface area contributed by atoms with Gasteiger partial charge in [0, 0.05) is 42.8 Å². The van der Waals surface area contributed by atoms with E-state index in [1.807, 2.05) is 10.6 Å². The highest BCUT2D eigenvalue weighted by Gasteiger charge is 2.41. The van der Waals surface area contributed by atoms with Crippen molar-refractivity contribution in [2.75, 3.05) is 32.8 Å². The summed E-state index contributed by atoms with van der Waals surface area (Å²) >= 11 is 0. The van der Waals surface area contributed by atoms with Crippen LogP contribution in [-0.4, -0.2) is 254 Å². The molecule has 3 rings (SSSR count). The molecule has 24 N–H and O–H groups in total. The number of para-hydroxylation sites is 1. The predicted molar refractivity (Wildman–Crippen MR) is 400 cm³/mol. The first-order valence-corrected chi connectivity index (χ1v) is 37.7. The van der Waals surface area contributed by atoms with E-state index in [0.29, 0.717) is 35.2 Å². The first kappa shape index (κ1) is 96.8. The Bertz CT molecular complexity index is 3690. The van der Waals surface area contributed by atoms with E-state index < -0.39 is 256 Å². The summed E-state index contributed by atoms with van der Waals surface area (Å²) in [7, 11) is 0. The van der Waals surface area contributed by atoms with Crippen molar-refractivity contribution in [1.29, 1.82) is 0 Å². The number of carboxylic acid groups (broad SMARTS) is 5. The molecule has 1 saturated heterocycles. The highest BCUT2D eigenvalue weighted by Crippen LogP contribution is 2.21. The number of ether oxygens (including phenoxy) is 1. The minimum atomic E-state index is -2.32. The number of H-pyrrole nitrogens is 1. The van der Waals surface area contributed by atoms with Crippen LogP contribution in [0.25, 0.3) is 10.9 Å². The molecule has 2 heterocycles. The summed E-state index contributed by atoms with van der Waals surface area (Å²) in [5.74, 6) is -26.6. The van der Waals surface area contributed by atoms with E-state index in [4.69, 9.17) is 16.2 Å². The number of cyclic esters (lactones) is 1. The van der Waals surface area contributed by atoms with Crippen molar-refractivity contribution in [3.63, 3.8) is 0 Å². The van der Waals surface area contributed by atoms with Crippen LogP contribution in [-0.2, 0) is 102 Å². The fourth-order valence-electron chi connectivity index (χ4n) is 11.7. The average Bonchev–Trinajstić information content (AvgIpc) is 1.64. The number of amides is 13. The molecular formula is C72H110N16O26. The molecule has 0 radical (unpaired) electrons. The fourth-order valence-corrected chi connectivity index (χ4v) is 11.7. The van der Waals surface area contributed by atoms with Crippen LogP contribution in [0.5, 0.6) is 0 Å². The highest BCUT2D eigenvalue weighted by molar-refractivity contribution is 6.01. The zero-order valence-electron chi connectivity index (χ0n) is 64.4. The summed E-state index contributed by atoms with van der Waals surface area (Å²) in [5, 5.41) is 89.4. The van der Waals surface area contributed by atoms with Crippen LogP contribution >= 0.6 is 0 Å². The Morgan fingerprint density at radius 2 is 1.03 bits per heavy atom. The SMILES string of the molecule is CCC(C)CCCCCCC(=O)NC(Cc1c[nH]c2ccccc12)C(=O)NC(CCC(=O)O)C(=O)NC(CC(=O)O)C(=O)NC1C(=O)NCC(=O)NC(CCCN)C(=O)NC(CC(=O)O)C(=O)NC(CCCCN)C(=O)NC(CC(=O)O)C(=O)NCC(=O)NC(CO)C(=O)NC(CCC(=O)O)C(=O)NC(C(C)CC)C(=O)OC1C. The molecule has 1 aliphatic heterocycles. The lowest BCUT2D eigenvalue weighted by atomic mass is 9.98. The molecule has 42 nitrogen and oxygen atoms in total. The number of nitrogens with one attached hydrogen (secondary N) is 14. The fraction of sp³-hybridized carbons (Fsp3) is 0.625. The van der Waals surface area contributed by atoms with Crippen LogP contribution in [0, 0.1) is 11.8 Å². The molecule has 2 aromatic rings. The number of fused-ring (bicyclic) bond motifs is 1. The molecule has 14 atom stereocenters. The molecule has 13 amide bonds. The molecular weight excluding hydrogens is 1500 g/mol. The van der Waals surface area contributed by atoms with Crippen LogP contribution in [0.15, 0.2) is 30.5 Å². The van der Waals surface area contributed by atoms with Crippen molar-refractivity contribution in [3.05, 3.63) is 36.0 Å². The Balaban J connectivity index is 2.23. The molecule has 1 aromatic carbocycles. The van der Waals surface area contributed by atoms with Crippen molar-refractivity contribution in [2.24, 2.45) is 23.3 Å². The van der Waals surface area contributed by atoms with E-state index in [-0.39, 0.29) is 64.5 Å². The van der Waals surface area contributed by atoms with Gasteiger partial charge in [0.05, 0.1) is 39.0 Å². The number of carbonyl (C=O) groups is 19. The van der Waals surface area contributed by atoms with E-state index in [1.54, 1.807) is 30.5 Å². The number of hydrogen-bond acceptors (Lipinski definition) is 23. The van der Waals surface area contributed by atoms with Gasteiger partial charge < -0.3 is 121 Å². The van der Waals surface area contributed by atoms with Crippen LogP contribution < -0.4 is 80.6 Å². The summed E-state index contributed by atoms with van der Waals surface area (Å²) in [5.41, 5.74) is 12.6. The lowest BCUT2D eigenvalue weighted by molar-refractivity contribution is -0.157. The first-order chi connectivity index (χ1) is 53.9. The Hall–Kier alpha value is -11.4. The van der Waals surface area contributed by atoms with Gasteiger partial charge in [-0.1, -0.05) is 84.4 Å². The van der Waals surface area contributed by atoms with Crippen LogP contribution in [0.4, 0.5) is 0 Å². The summed E-state index contributed by atoms with van der Waals surface area (Å²) in [6, 6.07) is -14.4. The molecule has 0 saturated carbocycles. The molecule has 14 unspecified atom stereocenters. The number of aromatic amines is 1. The quantitative estimate of drug-likeness (QED) is 0.0222. The van der Waals surface area contributed by atoms with E-state index in [2.05, 4.69) is 77.3 Å². The van der Waals surface area contributed by atoms with Gasteiger partial charge in [-0.25, -0.2) is 4.79 Å². The molecule has 0 spiro atoms. The first-order valence-electron chi connectivity index (χ1n) is 37.7. The lowest BCUT2D eigenvalue weighted by Crippen LogP contribution is -2.61. The number of carboxylic acids is 5. The third kappa shape index (κ3) is 35.1. The standard InChI is InChI=1S/C72H110N16O26/c1-6-37(3)17-10-8-9-11-22-52(90)79-47(29-40-33-75-42-19-13-12-18-41(40)42)67(108)82-45(23-25-55(93)94)65(106)86-50(32-59(101)102)69(110)88-61-39(5)114-72(113)60(38(4)7-2)87-66(107)46(24-26-56(95)96)83-70(111)51(36-89)80-54(92)34-76-62(103)48(30-57(97)98)84-64(105)44(20-14-15-27-73)81-68(109)49(31-58(99)100)85-63(104)43(21-16-28-74)78-53(91)35-77-71(61)112/h12-13,18-19,33,37-39,43-51,60-61,75,89H,6-11,14-17,20-32,34-36,73-74H2,1-5H3,(H,76,103)(H,77,112)(H,78,91)(H,79,90)(H,80,92)(H,81,109)(H,82,108)(H,83,111)(H,84,105)(H,85,104)(H,86,106)(H,87,107)(H,88,110)(H,93,94)(H,95,96)(H,97,98)(H,99,100)(H,101,102). The molecule has 114 heavy (non-hydrogen) atoms. The molecule has 634 valence electrons. The monoisotopic (exact) mass is 1610 g/mol. The number of aliphatic hydroxyl groups is 1. The molecule has 0 bridgehead atoms. The zero-order chi connectivity index (χ0) is 85.3. The number of esters is 1. The minimum Gasteiger partial charge on any atom is -0.481 e. The van der Waals surface area contributed by atoms with Crippen molar-refractivity contribution in [3.8, 4) is 0 Å². The van der Waals surface area contributed by atoms with Gasteiger partial charge in [-0.2, -0.15) is 0 Å². The number of hydrogen-bond donors (Lipinski definition) is 22. The number of carbonyl (C=O) groups excluding carboxylic acids is 14. The van der Waals surface area contributed by atoms with E-state index in [9.17, 15) is 122 Å². The van der Waals surface area contributed by atoms with Gasteiger partial charge >= 0.3 is 35.8 Å². The molecule has 1 aliphatic rings. The Kier molecular flexibility index (Phi) is 42.9. The van der Waals surface area contributed by atoms with Gasteiger partial charge in [0.15, 0.2) is 0 Å². The highest BCUT2D eigenvalue weighted by atomic mass is 16.5. The number of aromatic nitrogens is 1. The van der Waals surface area contributed by atoms with Crippen molar-refractivity contribution in [2.45, 2.75) is 242 Å². The topological polar surface area (TPSA) is 679 Å². The smallest absolute Gasteiger partial charge is 0.329 e. The van der Waals surface area contributed by atoms with Gasteiger partial charge in [-0.15, -0.1) is 0 Å². The van der Waals surface area contributed by atoms with Crippen molar-refractivity contribution in [1.82, 2.24) is 74.1 Å². The van der Waals surface area contributed by atoms with Gasteiger partial charge in [0.2, 0.25) is 76.8 Å².